The van der Waals surface area contributed by atoms with Gasteiger partial charge in [-0.05, 0) is 47.2 Å². The number of rotatable bonds is 4. The van der Waals surface area contributed by atoms with Crippen molar-refractivity contribution in [1.29, 1.82) is 0 Å². The van der Waals surface area contributed by atoms with Crippen molar-refractivity contribution in [3.63, 3.8) is 0 Å². The van der Waals surface area contributed by atoms with Gasteiger partial charge in [0.15, 0.2) is 0 Å². The fourth-order valence-corrected chi connectivity index (χ4v) is 5.44. The summed E-state index contributed by atoms with van der Waals surface area (Å²) in [6.45, 7) is 0.736. The number of fused-ring (bicyclic) bond motifs is 4. The van der Waals surface area contributed by atoms with Gasteiger partial charge >= 0.3 is 12.1 Å². The zero-order chi connectivity index (χ0) is 25.5. The maximum Gasteiger partial charge on any atom is 0.409 e. The highest BCUT2D eigenvalue weighted by Crippen LogP contribution is 2.44. The number of likely N-dealkylation sites (tertiary alicyclic amines) is 1. The average molecular weight is 497 g/mol. The first-order chi connectivity index (χ1) is 18.0. The molecule has 1 saturated heterocycles. The van der Waals surface area contributed by atoms with E-state index in [4.69, 9.17) is 9.57 Å². The first kappa shape index (κ1) is 23.0. The van der Waals surface area contributed by atoms with Gasteiger partial charge in [0.2, 0.25) is 0 Å². The van der Waals surface area contributed by atoms with Crippen molar-refractivity contribution in [2.24, 2.45) is 5.92 Å². The molecule has 3 amide bonds. The maximum absolute atomic E-state index is 13.0. The summed E-state index contributed by atoms with van der Waals surface area (Å²) in [5.41, 5.74) is 4.93. The van der Waals surface area contributed by atoms with Crippen LogP contribution in [0.3, 0.4) is 0 Å². The number of hydrogen-bond acceptors (Lipinski definition) is 6. The van der Waals surface area contributed by atoms with Crippen LogP contribution in [0.2, 0.25) is 0 Å². The Kier molecular flexibility index (Phi) is 5.71. The predicted molar refractivity (Wildman–Crippen MR) is 132 cm³/mol. The number of imide groups is 1. The van der Waals surface area contributed by atoms with Gasteiger partial charge < -0.3 is 14.5 Å². The lowest BCUT2D eigenvalue weighted by molar-refractivity contribution is -0.175. The summed E-state index contributed by atoms with van der Waals surface area (Å²) in [6.07, 6.45) is 0.557. The monoisotopic (exact) mass is 496 g/mol. The lowest BCUT2D eigenvalue weighted by Crippen LogP contribution is -2.45. The van der Waals surface area contributed by atoms with E-state index < -0.39 is 29.8 Å². The third-order valence-electron chi connectivity index (χ3n) is 7.29. The Morgan fingerprint density at radius 1 is 0.784 bits per heavy atom. The molecule has 186 valence electrons. The zero-order valence-electron chi connectivity index (χ0n) is 20.0. The molecule has 37 heavy (non-hydrogen) atoms. The SMILES string of the molecule is O=C(ON1C(=O)c2ccccc2C1=O)[C@H]1CCCN(C(=O)OCC2c3ccccc3-c3ccccc32)C1. The molecule has 1 fully saturated rings. The summed E-state index contributed by atoms with van der Waals surface area (Å²) in [7, 11) is 0. The van der Waals surface area contributed by atoms with Crippen LogP contribution < -0.4 is 0 Å². The van der Waals surface area contributed by atoms with Crippen LogP contribution in [0.15, 0.2) is 72.8 Å². The van der Waals surface area contributed by atoms with E-state index in [-0.39, 0.29) is 30.2 Å². The minimum atomic E-state index is -0.717. The first-order valence-corrected chi connectivity index (χ1v) is 12.3. The van der Waals surface area contributed by atoms with Crippen LogP contribution in [0, 0.1) is 5.92 Å². The van der Waals surface area contributed by atoms with Crippen LogP contribution in [0.5, 0.6) is 0 Å². The van der Waals surface area contributed by atoms with E-state index >= 15 is 0 Å². The minimum absolute atomic E-state index is 0.0595. The standard InChI is InChI=1S/C29H24N2O6/c32-26-23-13-5-6-14-24(23)27(33)31(26)37-28(34)18-8-7-15-30(16-18)29(35)36-17-25-21-11-3-1-9-19(21)20-10-2-4-12-22(20)25/h1-6,9-14,18,25H,7-8,15-17H2/t18-/m0/s1. The predicted octanol–water partition coefficient (Wildman–Crippen LogP) is 4.40. The molecule has 0 aromatic heterocycles. The summed E-state index contributed by atoms with van der Waals surface area (Å²) in [4.78, 5) is 57.6. The molecule has 2 heterocycles. The lowest BCUT2D eigenvalue weighted by atomic mass is 9.98. The summed E-state index contributed by atoms with van der Waals surface area (Å²) >= 11 is 0. The van der Waals surface area contributed by atoms with Gasteiger partial charge in [0, 0.05) is 19.0 Å². The summed E-state index contributed by atoms with van der Waals surface area (Å²) in [5.74, 6) is -2.78. The molecule has 3 aromatic carbocycles. The molecular weight excluding hydrogens is 472 g/mol. The molecule has 3 aromatic rings. The highest BCUT2D eigenvalue weighted by molar-refractivity contribution is 6.20. The first-order valence-electron chi connectivity index (χ1n) is 12.3. The van der Waals surface area contributed by atoms with E-state index in [0.717, 1.165) is 22.3 Å². The third kappa shape index (κ3) is 3.94. The second-order valence-corrected chi connectivity index (χ2v) is 9.45. The highest BCUT2D eigenvalue weighted by atomic mass is 16.7. The molecular formula is C29H24N2O6. The van der Waals surface area contributed by atoms with Crippen LogP contribution >= 0.6 is 0 Å². The van der Waals surface area contributed by atoms with Crippen molar-refractivity contribution in [1.82, 2.24) is 9.96 Å². The number of hydroxylamine groups is 2. The maximum atomic E-state index is 13.0. The molecule has 8 heteroatoms. The average Bonchev–Trinajstić information content (AvgIpc) is 3.39. The number of nitrogens with zero attached hydrogens (tertiary/aromatic N) is 2. The van der Waals surface area contributed by atoms with E-state index in [2.05, 4.69) is 24.3 Å². The number of piperidine rings is 1. The zero-order valence-corrected chi connectivity index (χ0v) is 20.0. The van der Waals surface area contributed by atoms with Gasteiger partial charge in [-0.15, -0.1) is 0 Å². The van der Waals surface area contributed by atoms with Crippen molar-refractivity contribution in [2.45, 2.75) is 18.8 Å². The van der Waals surface area contributed by atoms with Crippen LogP contribution in [0.4, 0.5) is 4.79 Å². The van der Waals surface area contributed by atoms with Gasteiger partial charge in [0.1, 0.15) is 6.61 Å². The summed E-state index contributed by atoms with van der Waals surface area (Å²) in [5, 5.41) is 0.513. The number of amides is 3. The van der Waals surface area contributed by atoms with Crippen LogP contribution in [0.25, 0.3) is 11.1 Å². The fourth-order valence-electron chi connectivity index (χ4n) is 5.44. The number of hydrogen-bond donors (Lipinski definition) is 0. The topological polar surface area (TPSA) is 93.2 Å². The largest absolute Gasteiger partial charge is 0.448 e. The quantitative estimate of drug-likeness (QED) is 0.497. The molecule has 1 atom stereocenters. The van der Waals surface area contributed by atoms with Crippen molar-refractivity contribution < 1.29 is 28.8 Å². The van der Waals surface area contributed by atoms with Crippen LogP contribution in [-0.2, 0) is 14.4 Å². The smallest absolute Gasteiger partial charge is 0.409 e. The minimum Gasteiger partial charge on any atom is -0.448 e. The fraction of sp³-hybridized carbons (Fsp3) is 0.241. The molecule has 0 saturated carbocycles. The van der Waals surface area contributed by atoms with E-state index in [0.29, 0.717) is 24.4 Å². The van der Waals surface area contributed by atoms with Crippen molar-refractivity contribution in [3.8, 4) is 11.1 Å². The Morgan fingerprint density at radius 3 is 1.92 bits per heavy atom. The number of benzene rings is 3. The lowest BCUT2D eigenvalue weighted by Gasteiger charge is -2.31. The molecule has 2 aliphatic heterocycles. The molecule has 6 rings (SSSR count). The second kappa shape index (κ2) is 9.20. The Morgan fingerprint density at radius 2 is 1.32 bits per heavy atom. The van der Waals surface area contributed by atoms with Gasteiger partial charge in [-0.1, -0.05) is 65.7 Å². The van der Waals surface area contributed by atoms with Gasteiger partial charge in [0.25, 0.3) is 11.8 Å². The Labute approximate surface area is 213 Å². The van der Waals surface area contributed by atoms with Gasteiger partial charge in [0.05, 0.1) is 17.0 Å². The molecule has 8 nitrogen and oxygen atoms in total. The number of carbonyl (C=O) groups excluding carboxylic acids is 4. The van der Waals surface area contributed by atoms with Gasteiger partial charge in [-0.2, -0.15) is 0 Å². The van der Waals surface area contributed by atoms with Crippen molar-refractivity contribution in [3.05, 3.63) is 95.1 Å². The number of carbonyl (C=O) groups is 4. The Bertz CT molecular complexity index is 1350. The van der Waals surface area contributed by atoms with E-state index in [1.165, 1.54) is 17.0 Å². The Hall–Kier alpha value is -4.46. The molecule has 0 radical (unpaired) electrons. The second-order valence-electron chi connectivity index (χ2n) is 9.45. The molecule has 0 spiro atoms. The van der Waals surface area contributed by atoms with Crippen molar-refractivity contribution in [2.75, 3.05) is 19.7 Å². The normalized spacial score (nSPS) is 18.3. The van der Waals surface area contributed by atoms with Gasteiger partial charge in [-0.25, -0.2) is 9.59 Å². The summed E-state index contributed by atoms with van der Waals surface area (Å²) in [6, 6.07) is 22.5. The van der Waals surface area contributed by atoms with E-state index in [1.807, 2.05) is 24.3 Å². The van der Waals surface area contributed by atoms with Crippen molar-refractivity contribution >= 4 is 23.9 Å². The third-order valence-corrected chi connectivity index (χ3v) is 7.29. The van der Waals surface area contributed by atoms with Crippen LogP contribution in [-0.4, -0.2) is 53.5 Å². The molecule has 0 N–H and O–H groups in total. The molecule has 3 aliphatic rings. The summed E-state index contributed by atoms with van der Waals surface area (Å²) < 4.78 is 5.73. The molecule has 1 aliphatic carbocycles. The number of ether oxygens (including phenoxy) is 1. The molecule has 0 bridgehead atoms. The van der Waals surface area contributed by atoms with E-state index in [1.54, 1.807) is 12.1 Å². The highest BCUT2D eigenvalue weighted by Gasteiger charge is 2.41. The molecule has 0 unspecified atom stereocenters. The van der Waals surface area contributed by atoms with Crippen LogP contribution in [0.1, 0.15) is 50.6 Å². The van der Waals surface area contributed by atoms with Gasteiger partial charge in [-0.3, -0.25) is 9.59 Å². The van der Waals surface area contributed by atoms with E-state index in [9.17, 15) is 19.2 Å². The Balaban J connectivity index is 1.09.